The van der Waals surface area contributed by atoms with Gasteiger partial charge in [-0.25, -0.2) is 0 Å². The van der Waals surface area contributed by atoms with Gasteiger partial charge in [-0.2, -0.15) is 26.1 Å². The predicted molar refractivity (Wildman–Crippen MR) is 56.8 cm³/mol. The van der Waals surface area contributed by atoms with E-state index in [0.717, 1.165) is 0 Å². The molecule has 0 aromatic heterocycles. The van der Waals surface area contributed by atoms with Gasteiger partial charge in [-0.1, -0.05) is 36.4 Å². The first kappa shape index (κ1) is 16.5. The first-order valence-corrected chi connectivity index (χ1v) is 3.34. The highest BCUT2D eigenvalue weighted by molar-refractivity contribution is 7.79. The predicted octanol–water partition coefficient (Wildman–Crippen LogP) is 2.51. The monoisotopic (exact) mass is 177 g/mol. The minimum atomic E-state index is 0. The zero-order chi connectivity index (χ0) is 6.24. The summed E-state index contributed by atoms with van der Waals surface area (Å²) in [7, 11) is 0. The molecule has 1 aromatic carbocycles. The van der Waals surface area contributed by atoms with Gasteiger partial charge in [-0.15, -0.1) is 0 Å². The maximum atomic E-state index is 3.53. The third-order valence-electron chi connectivity index (χ3n) is 0.667. The highest BCUT2D eigenvalue weighted by atomic mass is 32.1. The van der Waals surface area contributed by atoms with Gasteiger partial charge < -0.3 is 6.15 Å². The summed E-state index contributed by atoms with van der Waals surface area (Å²) in [5.74, 6) is 0. The van der Waals surface area contributed by atoms with E-state index in [1.807, 2.05) is 36.4 Å². The van der Waals surface area contributed by atoms with Crippen molar-refractivity contribution in [3.63, 3.8) is 0 Å². The third kappa shape index (κ3) is 10.8. The van der Waals surface area contributed by atoms with Gasteiger partial charge in [0.1, 0.15) is 0 Å². The quantitative estimate of drug-likeness (QED) is 0.587. The second-order valence-electron chi connectivity index (χ2n) is 1.15. The van der Waals surface area contributed by atoms with E-state index < -0.39 is 0 Å². The van der Waals surface area contributed by atoms with Crippen LogP contribution in [0.15, 0.2) is 36.4 Å². The second-order valence-corrected chi connectivity index (χ2v) is 1.15. The van der Waals surface area contributed by atoms with Crippen LogP contribution in [-0.2, 0) is 0 Å². The molecule has 1 nitrogen and oxygen atoms in total. The molecule has 0 fully saturated rings. The van der Waals surface area contributed by atoms with Gasteiger partial charge in [0.25, 0.3) is 0 Å². The Hall–Kier alpha value is -0.120. The van der Waals surface area contributed by atoms with Crippen LogP contribution in [0.5, 0.6) is 0 Å². The average Bonchev–Trinajstić information content (AvgIpc) is 1.96. The molecule has 0 spiro atoms. The summed E-state index contributed by atoms with van der Waals surface area (Å²) >= 11 is 3.53. The molecule has 3 heteroatoms. The molecule has 0 amide bonds. The van der Waals surface area contributed by atoms with Gasteiger partial charge in [-0.05, 0) is 6.26 Å². The second kappa shape index (κ2) is 15.9. The molecule has 0 radical (unpaired) electrons. The van der Waals surface area contributed by atoms with E-state index in [-0.39, 0.29) is 19.6 Å². The van der Waals surface area contributed by atoms with E-state index >= 15 is 0 Å². The highest BCUT2D eigenvalue weighted by Crippen LogP contribution is 1.79. The Morgan fingerprint density at radius 3 is 0.900 bits per heavy atom. The van der Waals surface area contributed by atoms with Crippen molar-refractivity contribution in [1.82, 2.24) is 6.15 Å². The summed E-state index contributed by atoms with van der Waals surface area (Å²) in [6.07, 6.45) is 1.69. The number of benzene rings is 1. The van der Waals surface area contributed by atoms with Crippen LogP contribution in [0.3, 0.4) is 0 Å². The molecule has 0 unspecified atom stereocenters. The number of thiol groups is 1. The molecule has 10 heavy (non-hydrogen) atoms. The van der Waals surface area contributed by atoms with Crippen molar-refractivity contribution in [2.45, 2.75) is 0 Å². The standard InChI is InChI=1S/C6H6.CH4S.H3N.H2S/c1-2-4-6-5-3-1;1-2;;/h1-6H;2H,1H3;1H3;1H2. The van der Waals surface area contributed by atoms with E-state index in [2.05, 4.69) is 12.6 Å². The number of hydrogen-bond acceptors (Lipinski definition) is 2. The van der Waals surface area contributed by atoms with Gasteiger partial charge in [0.05, 0.1) is 0 Å². The Balaban J connectivity index is -0.000000114. The summed E-state index contributed by atoms with van der Waals surface area (Å²) in [4.78, 5) is 0. The van der Waals surface area contributed by atoms with Crippen LogP contribution in [0.1, 0.15) is 0 Å². The summed E-state index contributed by atoms with van der Waals surface area (Å²) in [5, 5.41) is 0. The van der Waals surface area contributed by atoms with Crippen LogP contribution in [0.2, 0.25) is 0 Å². The zero-order valence-electron chi connectivity index (χ0n) is 6.12. The maximum Gasteiger partial charge on any atom is -0.0215 e. The van der Waals surface area contributed by atoms with Crippen LogP contribution < -0.4 is 6.15 Å². The highest BCUT2D eigenvalue weighted by Gasteiger charge is 1.57. The molecule has 0 saturated heterocycles. The number of rotatable bonds is 0. The molecule has 0 bridgehead atoms. The van der Waals surface area contributed by atoms with Gasteiger partial charge in [-0.3, -0.25) is 0 Å². The van der Waals surface area contributed by atoms with Crippen molar-refractivity contribution in [2.75, 3.05) is 6.26 Å². The Morgan fingerprint density at radius 1 is 0.700 bits per heavy atom. The molecule has 1 aromatic rings. The molecule has 0 saturated carbocycles. The maximum absolute atomic E-state index is 3.53. The summed E-state index contributed by atoms with van der Waals surface area (Å²) in [5.41, 5.74) is 0. The lowest BCUT2D eigenvalue weighted by molar-refractivity contribution is 1.72. The minimum Gasteiger partial charge on any atom is -0.344 e. The molecule has 0 heterocycles. The average molecular weight is 177 g/mol. The van der Waals surface area contributed by atoms with Crippen LogP contribution in [0, 0.1) is 0 Å². The van der Waals surface area contributed by atoms with Crippen LogP contribution >= 0.6 is 26.1 Å². The third-order valence-corrected chi connectivity index (χ3v) is 0.667. The lowest BCUT2D eigenvalue weighted by atomic mass is 10.4. The molecule has 0 aliphatic rings. The molecule has 0 aliphatic heterocycles. The van der Waals surface area contributed by atoms with Gasteiger partial charge in [0.15, 0.2) is 0 Å². The summed E-state index contributed by atoms with van der Waals surface area (Å²) < 4.78 is 0. The fourth-order valence-electron chi connectivity index (χ4n) is 0.385. The normalized spacial score (nSPS) is 5.40. The SMILES string of the molecule is CS.N.S.c1ccccc1. The molecule has 60 valence electrons. The Labute approximate surface area is 75.3 Å². The molecule has 1 rings (SSSR count). The van der Waals surface area contributed by atoms with Crippen molar-refractivity contribution < 1.29 is 0 Å². The topological polar surface area (TPSA) is 35.0 Å². The summed E-state index contributed by atoms with van der Waals surface area (Å²) in [6.45, 7) is 0. The lowest BCUT2D eigenvalue weighted by Crippen LogP contribution is -1.47. The molecular formula is C7H15NS2. The van der Waals surface area contributed by atoms with Crippen LogP contribution in [-0.4, -0.2) is 6.26 Å². The Kier molecular flexibility index (Phi) is 26.2. The van der Waals surface area contributed by atoms with Crippen molar-refractivity contribution in [3.8, 4) is 0 Å². The van der Waals surface area contributed by atoms with Gasteiger partial charge >= 0.3 is 0 Å². The first-order valence-electron chi connectivity index (χ1n) is 2.45. The van der Waals surface area contributed by atoms with E-state index in [0.29, 0.717) is 0 Å². The minimum absolute atomic E-state index is 0. The Bertz CT molecular complexity index is 83.5. The van der Waals surface area contributed by atoms with Crippen molar-refractivity contribution in [3.05, 3.63) is 36.4 Å². The zero-order valence-corrected chi connectivity index (χ0v) is 8.01. The molecule has 3 N–H and O–H groups in total. The van der Waals surface area contributed by atoms with Gasteiger partial charge in [0, 0.05) is 0 Å². The lowest BCUT2D eigenvalue weighted by Gasteiger charge is -1.69. The summed E-state index contributed by atoms with van der Waals surface area (Å²) in [6, 6.07) is 12.0. The molecule has 0 aliphatic carbocycles. The largest absolute Gasteiger partial charge is 0.344 e. The van der Waals surface area contributed by atoms with Crippen molar-refractivity contribution >= 4 is 26.1 Å². The fraction of sp³-hybridized carbons (Fsp3) is 0.143. The van der Waals surface area contributed by atoms with Crippen LogP contribution in [0.25, 0.3) is 0 Å². The van der Waals surface area contributed by atoms with Crippen molar-refractivity contribution in [2.24, 2.45) is 0 Å². The number of hydrogen-bond donors (Lipinski definition) is 2. The smallest absolute Gasteiger partial charge is 0.0215 e. The van der Waals surface area contributed by atoms with E-state index in [1.54, 1.807) is 6.26 Å². The van der Waals surface area contributed by atoms with Crippen LogP contribution in [0.4, 0.5) is 0 Å². The van der Waals surface area contributed by atoms with E-state index in [1.165, 1.54) is 0 Å². The molecule has 0 atom stereocenters. The van der Waals surface area contributed by atoms with Gasteiger partial charge in [0.2, 0.25) is 0 Å². The molecular weight excluding hydrogens is 162 g/mol. The van der Waals surface area contributed by atoms with E-state index in [9.17, 15) is 0 Å². The Morgan fingerprint density at radius 2 is 0.800 bits per heavy atom. The van der Waals surface area contributed by atoms with E-state index in [4.69, 9.17) is 0 Å². The van der Waals surface area contributed by atoms with Crippen molar-refractivity contribution in [1.29, 1.82) is 0 Å². The first-order chi connectivity index (χ1) is 4.00. The fourth-order valence-corrected chi connectivity index (χ4v) is 0.385.